The Morgan fingerprint density at radius 3 is 2.77 bits per heavy atom. The molecule has 10 heteroatoms. The number of fused-ring (bicyclic) bond motifs is 1. The van der Waals surface area contributed by atoms with Gasteiger partial charge in [-0.2, -0.15) is 5.10 Å². The molecule has 10 nitrogen and oxygen atoms in total. The summed E-state index contributed by atoms with van der Waals surface area (Å²) >= 11 is 0. The number of benzene rings is 1. The van der Waals surface area contributed by atoms with Crippen molar-refractivity contribution in [1.29, 1.82) is 0 Å². The Hall–Kier alpha value is -4.21. The molecule has 1 aliphatic carbocycles. The zero-order valence-corrected chi connectivity index (χ0v) is 16.6. The third-order valence-electron chi connectivity index (χ3n) is 4.86. The first-order valence-corrected chi connectivity index (χ1v) is 9.80. The molecule has 156 valence electrons. The van der Waals surface area contributed by atoms with Gasteiger partial charge in [-0.1, -0.05) is 6.07 Å². The number of hydrogen-bond acceptors (Lipinski definition) is 6. The molecule has 0 bridgehead atoms. The Morgan fingerprint density at radius 1 is 1.13 bits per heavy atom. The van der Waals surface area contributed by atoms with Crippen molar-refractivity contribution in [3.8, 4) is 11.6 Å². The highest BCUT2D eigenvalue weighted by Gasteiger charge is 2.30. The van der Waals surface area contributed by atoms with Crippen molar-refractivity contribution in [1.82, 2.24) is 24.4 Å². The lowest BCUT2D eigenvalue weighted by molar-refractivity contribution is -0.117. The van der Waals surface area contributed by atoms with Gasteiger partial charge in [0.25, 0.3) is 5.91 Å². The molecular weight excluding hydrogens is 398 g/mol. The summed E-state index contributed by atoms with van der Waals surface area (Å²) in [7, 11) is 1.70. The topological polar surface area (TPSA) is 115 Å². The predicted octanol–water partition coefficient (Wildman–Crippen LogP) is 2.86. The highest BCUT2D eigenvalue weighted by Crippen LogP contribution is 2.30. The summed E-state index contributed by atoms with van der Waals surface area (Å²) in [5, 5.41) is 14.0. The van der Waals surface area contributed by atoms with E-state index in [2.05, 4.69) is 25.8 Å². The Balaban J connectivity index is 1.30. The largest absolute Gasteiger partial charge is 0.438 e. The molecule has 0 saturated heterocycles. The van der Waals surface area contributed by atoms with Crippen LogP contribution in [0.25, 0.3) is 5.65 Å². The van der Waals surface area contributed by atoms with Crippen LogP contribution in [0.2, 0.25) is 0 Å². The number of carbonyl (C=O) groups excluding carboxylic acids is 2. The number of imidazole rings is 1. The van der Waals surface area contributed by atoms with E-state index in [4.69, 9.17) is 4.74 Å². The summed E-state index contributed by atoms with van der Waals surface area (Å²) in [4.78, 5) is 28.6. The van der Waals surface area contributed by atoms with E-state index in [0.717, 1.165) is 12.8 Å². The summed E-state index contributed by atoms with van der Waals surface area (Å²) < 4.78 is 8.89. The fourth-order valence-corrected chi connectivity index (χ4v) is 3.10. The monoisotopic (exact) mass is 417 g/mol. The van der Waals surface area contributed by atoms with Gasteiger partial charge in [0.1, 0.15) is 11.4 Å². The van der Waals surface area contributed by atoms with Gasteiger partial charge >= 0.3 is 0 Å². The van der Waals surface area contributed by atoms with Crippen molar-refractivity contribution in [2.75, 3.05) is 10.6 Å². The lowest BCUT2D eigenvalue weighted by atomic mass is 10.3. The highest BCUT2D eigenvalue weighted by atomic mass is 16.5. The van der Waals surface area contributed by atoms with Crippen LogP contribution in [0.3, 0.4) is 0 Å². The minimum Gasteiger partial charge on any atom is -0.438 e. The van der Waals surface area contributed by atoms with Crippen molar-refractivity contribution >= 4 is 29.0 Å². The zero-order valence-electron chi connectivity index (χ0n) is 16.6. The van der Waals surface area contributed by atoms with Gasteiger partial charge in [0.2, 0.25) is 11.8 Å². The second kappa shape index (κ2) is 7.56. The smallest absolute Gasteiger partial charge is 0.273 e. The first kappa shape index (κ1) is 18.8. The normalized spacial score (nSPS) is 13.2. The number of rotatable bonds is 6. The third-order valence-corrected chi connectivity index (χ3v) is 4.86. The SMILES string of the molecule is Cn1nccc1C(=O)Nc1cccc(Oc2ccc3nc(NC(=O)C4CC4)cn3n2)c1. The molecule has 0 radical (unpaired) electrons. The summed E-state index contributed by atoms with van der Waals surface area (Å²) in [5.41, 5.74) is 1.62. The summed E-state index contributed by atoms with van der Waals surface area (Å²) in [6.07, 6.45) is 5.07. The van der Waals surface area contributed by atoms with Gasteiger partial charge in [-0.15, -0.1) is 5.10 Å². The van der Waals surface area contributed by atoms with Crippen LogP contribution in [0, 0.1) is 5.92 Å². The van der Waals surface area contributed by atoms with Crippen molar-refractivity contribution in [3.05, 3.63) is 60.6 Å². The molecule has 1 saturated carbocycles. The van der Waals surface area contributed by atoms with Crippen molar-refractivity contribution in [3.63, 3.8) is 0 Å². The number of hydrogen-bond donors (Lipinski definition) is 2. The molecule has 4 aromatic rings. The second-order valence-corrected chi connectivity index (χ2v) is 7.29. The van der Waals surface area contributed by atoms with E-state index in [1.165, 1.54) is 4.68 Å². The summed E-state index contributed by atoms with van der Waals surface area (Å²) in [5.74, 6) is 1.14. The molecule has 0 atom stereocenters. The lowest BCUT2D eigenvalue weighted by Gasteiger charge is -2.08. The van der Waals surface area contributed by atoms with Gasteiger partial charge in [-0.25, -0.2) is 9.50 Å². The summed E-state index contributed by atoms with van der Waals surface area (Å²) in [6.45, 7) is 0. The number of anilines is 2. The van der Waals surface area contributed by atoms with Crippen molar-refractivity contribution in [2.45, 2.75) is 12.8 Å². The summed E-state index contributed by atoms with van der Waals surface area (Å²) in [6, 6.07) is 12.1. The highest BCUT2D eigenvalue weighted by molar-refractivity contribution is 6.03. The van der Waals surface area contributed by atoms with E-state index in [0.29, 0.717) is 34.5 Å². The number of aryl methyl sites for hydroxylation is 1. The van der Waals surface area contributed by atoms with Crippen LogP contribution in [0.1, 0.15) is 23.3 Å². The van der Waals surface area contributed by atoms with Gasteiger partial charge in [-0.3, -0.25) is 14.3 Å². The standard InChI is InChI=1S/C21H19N7O3/c1-27-16(9-10-22-27)21(30)23-14-3-2-4-15(11-14)31-19-8-7-18-24-17(12-28(18)26-19)25-20(29)13-5-6-13/h2-4,7-13H,5-6H2,1H3,(H,23,30)(H,25,29). The molecule has 2 N–H and O–H groups in total. The Morgan fingerprint density at radius 2 is 2.00 bits per heavy atom. The zero-order chi connectivity index (χ0) is 21.4. The number of ether oxygens (including phenoxy) is 1. The molecule has 1 aliphatic rings. The van der Waals surface area contributed by atoms with E-state index in [1.807, 2.05) is 0 Å². The quantitative estimate of drug-likeness (QED) is 0.498. The predicted molar refractivity (Wildman–Crippen MR) is 112 cm³/mol. The van der Waals surface area contributed by atoms with E-state index in [-0.39, 0.29) is 17.7 Å². The van der Waals surface area contributed by atoms with Gasteiger partial charge in [0.05, 0.1) is 6.20 Å². The number of carbonyl (C=O) groups is 2. The fourth-order valence-electron chi connectivity index (χ4n) is 3.10. The molecule has 0 aliphatic heterocycles. The second-order valence-electron chi connectivity index (χ2n) is 7.29. The Kier molecular flexibility index (Phi) is 4.58. The number of aromatic nitrogens is 5. The molecule has 3 aromatic heterocycles. The van der Waals surface area contributed by atoms with Gasteiger partial charge in [-0.05, 0) is 37.1 Å². The molecule has 0 spiro atoms. The van der Waals surface area contributed by atoms with Crippen LogP contribution in [0.15, 0.2) is 54.9 Å². The Labute approximate surface area is 176 Å². The van der Waals surface area contributed by atoms with E-state index >= 15 is 0 Å². The number of nitrogens with one attached hydrogen (secondary N) is 2. The van der Waals surface area contributed by atoms with Crippen LogP contribution < -0.4 is 15.4 Å². The fraction of sp³-hybridized carbons (Fsp3) is 0.190. The maximum Gasteiger partial charge on any atom is 0.273 e. The van der Waals surface area contributed by atoms with Crippen molar-refractivity contribution in [2.24, 2.45) is 13.0 Å². The first-order chi connectivity index (χ1) is 15.0. The number of nitrogens with zero attached hydrogens (tertiary/aromatic N) is 5. The van der Waals surface area contributed by atoms with Gasteiger partial charge in [0.15, 0.2) is 11.5 Å². The lowest BCUT2D eigenvalue weighted by Crippen LogP contribution is -2.16. The maximum absolute atomic E-state index is 12.4. The molecule has 1 aromatic carbocycles. The first-order valence-electron chi connectivity index (χ1n) is 9.80. The minimum absolute atomic E-state index is 0.00938. The van der Waals surface area contributed by atoms with Crippen LogP contribution in [0.4, 0.5) is 11.5 Å². The van der Waals surface area contributed by atoms with Crippen LogP contribution in [-0.4, -0.2) is 36.2 Å². The van der Waals surface area contributed by atoms with Crippen LogP contribution >= 0.6 is 0 Å². The molecule has 1 fully saturated rings. The van der Waals surface area contributed by atoms with Crippen LogP contribution in [-0.2, 0) is 11.8 Å². The van der Waals surface area contributed by atoms with Crippen molar-refractivity contribution < 1.29 is 14.3 Å². The third kappa shape index (κ3) is 4.08. The molecule has 0 unspecified atom stereocenters. The molecule has 31 heavy (non-hydrogen) atoms. The van der Waals surface area contributed by atoms with Gasteiger partial charge in [0, 0.05) is 37.0 Å². The average molecular weight is 417 g/mol. The minimum atomic E-state index is -0.268. The van der Waals surface area contributed by atoms with E-state index in [9.17, 15) is 9.59 Å². The molecule has 3 heterocycles. The maximum atomic E-state index is 12.4. The molecule has 2 amide bonds. The molecule has 5 rings (SSSR count). The molecular formula is C21H19N7O3. The van der Waals surface area contributed by atoms with E-state index < -0.39 is 0 Å². The Bertz CT molecular complexity index is 1290. The average Bonchev–Trinajstić information content (AvgIpc) is 3.39. The number of amides is 2. The van der Waals surface area contributed by atoms with Gasteiger partial charge < -0.3 is 15.4 Å². The van der Waals surface area contributed by atoms with E-state index in [1.54, 1.807) is 66.4 Å². The van der Waals surface area contributed by atoms with Crippen LogP contribution in [0.5, 0.6) is 11.6 Å².